The maximum Gasteiger partial charge on any atom is 0.240 e. The number of rotatable bonds is 5. The van der Waals surface area contributed by atoms with Crippen LogP contribution in [0.3, 0.4) is 0 Å². The zero-order chi connectivity index (χ0) is 19.6. The van der Waals surface area contributed by atoms with E-state index in [9.17, 15) is 18.8 Å². The molecule has 0 aromatic heterocycles. The summed E-state index contributed by atoms with van der Waals surface area (Å²) < 4.78 is 13.0. The summed E-state index contributed by atoms with van der Waals surface area (Å²) in [6, 6.07) is 10.5. The van der Waals surface area contributed by atoms with E-state index >= 15 is 0 Å². The van der Waals surface area contributed by atoms with E-state index in [1.54, 1.807) is 25.1 Å². The van der Waals surface area contributed by atoms with Crippen molar-refractivity contribution in [3.63, 3.8) is 0 Å². The smallest absolute Gasteiger partial charge is 0.240 e. The van der Waals surface area contributed by atoms with Gasteiger partial charge >= 0.3 is 0 Å². The van der Waals surface area contributed by atoms with Gasteiger partial charge in [-0.15, -0.1) is 0 Å². The van der Waals surface area contributed by atoms with E-state index in [2.05, 4.69) is 16.0 Å². The number of hydrogen-bond acceptors (Lipinski definition) is 3. The van der Waals surface area contributed by atoms with Crippen molar-refractivity contribution in [3.05, 3.63) is 53.8 Å². The highest BCUT2D eigenvalue weighted by atomic mass is 19.1. The number of nitrogens with one attached hydrogen (secondary N) is 3. The molecule has 3 N–H and O–H groups in total. The Bertz CT molecular complexity index is 905. The number of carbonyl (C=O) groups excluding carboxylic acids is 3. The number of hydrogen-bond donors (Lipinski definition) is 3. The Morgan fingerprint density at radius 3 is 2.00 bits per heavy atom. The second-order valence-corrected chi connectivity index (χ2v) is 6.66. The van der Waals surface area contributed by atoms with Crippen molar-refractivity contribution >= 4 is 34.8 Å². The molecule has 0 unspecified atom stereocenters. The largest absolute Gasteiger partial charge is 0.326 e. The minimum absolute atomic E-state index is 0.209. The molecular weight excluding hydrogens is 349 g/mol. The number of benzene rings is 2. The normalized spacial score (nSPS) is 14.2. The van der Waals surface area contributed by atoms with E-state index in [1.165, 1.54) is 31.2 Å². The van der Waals surface area contributed by atoms with Crippen LogP contribution in [0.2, 0.25) is 0 Å². The highest BCUT2D eigenvalue weighted by molar-refractivity contribution is 6.17. The van der Waals surface area contributed by atoms with Crippen LogP contribution in [0.25, 0.3) is 0 Å². The summed E-state index contributed by atoms with van der Waals surface area (Å²) in [6.45, 7) is 3.18. The summed E-state index contributed by atoms with van der Waals surface area (Å²) in [5.74, 6) is -1.42. The van der Waals surface area contributed by atoms with Crippen LogP contribution in [0.15, 0.2) is 42.5 Å². The summed E-state index contributed by atoms with van der Waals surface area (Å²) in [5.41, 5.74) is 1.14. The van der Waals surface area contributed by atoms with Gasteiger partial charge in [-0.25, -0.2) is 4.39 Å². The fourth-order valence-electron chi connectivity index (χ4n) is 2.80. The van der Waals surface area contributed by atoms with E-state index in [0.717, 1.165) is 0 Å². The number of amides is 3. The van der Waals surface area contributed by atoms with Crippen molar-refractivity contribution in [2.75, 3.05) is 16.0 Å². The van der Waals surface area contributed by atoms with Crippen LogP contribution in [0.1, 0.15) is 25.3 Å². The van der Waals surface area contributed by atoms with Crippen molar-refractivity contribution in [1.29, 1.82) is 0 Å². The van der Waals surface area contributed by atoms with E-state index in [4.69, 9.17) is 0 Å². The van der Waals surface area contributed by atoms with Gasteiger partial charge in [-0.1, -0.05) is 6.07 Å². The van der Waals surface area contributed by atoms with Crippen LogP contribution >= 0.6 is 0 Å². The highest BCUT2D eigenvalue weighted by Gasteiger charge is 2.56. The van der Waals surface area contributed by atoms with Gasteiger partial charge in [-0.2, -0.15) is 0 Å². The summed E-state index contributed by atoms with van der Waals surface area (Å²) in [5, 5.41) is 8.16. The van der Waals surface area contributed by atoms with Crippen molar-refractivity contribution < 1.29 is 18.8 Å². The SMILES string of the molecule is CC(=O)Nc1cccc(NC(=O)C2(C(=O)Nc3ccc(F)cc3)CC2)c1C. The quantitative estimate of drug-likeness (QED) is 0.706. The maximum atomic E-state index is 13.0. The summed E-state index contributed by atoms with van der Waals surface area (Å²) >= 11 is 0. The molecule has 6 nitrogen and oxygen atoms in total. The first-order chi connectivity index (χ1) is 12.8. The summed E-state index contributed by atoms with van der Waals surface area (Å²) in [7, 11) is 0. The van der Waals surface area contributed by atoms with Gasteiger partial charge in [-0.3, -0.25) is 14.4 Å². The average Bonchev–Trinajstić information content (AvgIpc) is 3.42. The van der Waals surface area contributed by atoms with E-state index < -0.39 is 23.0 Å². The van der Waals surface area contributed by atoms with Crippen molar-refractivity contribution in [1.82, 2.24) is 0 Å². The third-order valence-electron chi connectivity index (χ3n) is 4.61. The topological polar surface area (TPSA) is 87.3 Å². The van der Waals surface area contributed by atoms with E-state index in [-0.39, 0.29) is 5.91 Å². The van der Waals surface area contributed by atoms with Gasteiger partial charge in [0.1, 0.15) is 11.2 Å². The second kappa shape index (κ2) is 7.19. The van der Waals surface area contributed by atoms with Crippen LogP contribution in [-0.2, 0) is 14.4 Å². The first-order valence-electron chi connectivity index (χ1n) is 8.57. The van der Waals surface area contributed by atoms with Gasteiger partial charge in [0.15, 0.2) is 0 Å². The third-order valence-corrected chi connectivity index (χ3v) is 4.61. The molecule has 7 heteroatoms. The highest BCUT2D eigenvalue weighted by Crippen LogP contribution is 2.47. The number of carbonyl (C=O) groups is 3. The molecule has 27 heavy (non-hydrogen) atoms. The Balaban J connectivity index is 1.73. The Labute approximate surface area is 156 Å². The standard InChI is InChI=1S/C20H20FN3O3/c1-12-16(22-13(2)25)4-3-5-17(12)24-19(27)20(10-11-20)18(26)23-15-8-6-14(21)7-9-15/h3-9H,10-11H2,1-2H3,(H,22,25)(H,23,26)(H,24,27). The Morgan fingerprint density at radius 2 is 1.44 bits per heavy atom. The molecule has 3 amide bonds. The molecule has 0 heterocycles. The molecule has 0 aliphatic heterocycles. The molecule has 1 aliphatic carbocycles. The van der Waals surface area contributed by atoms with Crippen LogP contribution in [0.4, 0.5) is 21.5 Å². The monoisotopic (exact) mass is 369 g/mol. The summed E-state index contributed by atoms with van der Waals surface area (Å²) in [6.07, 6.45) is 0.882. The molecule has 2 aromatic carbocycles. The van der Waals surface area contributed by atoms with Gasteiger partial charge < -0.3 is 16.0 Å². The molecule has 140 valence electrons. The Morgan fingerprint density at radius 1 is 0.889 bits per heavy atom. The first kappa shape index (κ1) is 18.6. The molecule has 2 aromatic rings. The van der Waals surface area contributed by atoms with Crippen LogP contribution in [-0.4, -0.2) is 17.7 Å². The van der Waals surface area contributed by atoms with Gasteiger partial charge in [0.25, 0.3) is 0 Å². The molecule has 0 spiro atoms. The Hall–Kier alpha value is -3.22. The van der Waals surface area contributed by atoms with E-state index in [1.807, 2.05) is 0 Å². The number of anilines is 3. The summed E-state index contributed by atoms with van der Waals surface area (Å²) in [4.78, 5) is 36.6. The van der Waals surface area contributed by atoms with Gasteiger partial charge in [0, 0.05) is 24.0 Å². The van der Waals surface area contributed by atoms with Crippen LogP contribution in [0.5, 0.6) is 0 Å². The lowest BCUT2D eigenvalue weighted by molar-refractivity contribution is -0.131. The maximum absolute atomic E-state index is 13.0. The molecule has 1 aliphatic rings. The number of halogens is 1. The fraction of sp³-hybridized carbons (Fsp3) is 0.250. The molecule has 0 bridgehead atoms. The molecular formula is C20H20FN3O3. The molecule has 1 fully saturated rings. The lowest BCUT2D eigenvalue weighted by Crippen LogP contribution is -2.35. The molecule has 1 saturated carbocycles. The van der Waals surface area contributed by atoms with Gasteiger partial charge in [-0.05, 0) is 61.7 Å². The van der Waals surface area contributed by atoms with Gasteiger partial charge in [0.05, 0.1) is 0 Å². The fourth-order valence-corrected chi connectivity index (χ4v) is 2.80. The minimum atomic E-state index is -1.13. The Kier molecular flexibility index (Phi) is 4.94. The lowest BCUT2D eigenvalue weighted by Gasteiger charge is -2.18. The average molecular weight is 369 g/mol. The molecule has 0 saturated heterocycles. The van der Waals surface area contributed by atoms with Crippen LogP contribution < -0.4 is 16.0 Å². The second-order valence-electron chi connectivity index (χ2n) is 6.66. The molecule has 0 radical (unpaired) electrons. The van der Waals surface area contributed by atoms with Gasteiger partial charge in [0.2, 0.25) is 17.7 Å². The van der Waals surface area contributed by atoms with Crippen molar-refractivity contribution in [2.45, 2.75) is 26.7 Å². The van der Waals surface area contributed by atoms with Crippen LogP contribution in [0, 0.1) is 18.2 Å². The predicted molar refractivity (Wildman–Crippen MR) is 101 cm³/mol. The lowest BCUT2D eigenvalue weighted by atomic mass is 10.0. The molecule has 0 atom stereocenters. The van der Waals surface area contributed by atoms with E-state index in [0.29, 0.717) is 35.5 Å². The first-order valence-corrected chi connectivity index (χ1v) is 8.57. The molecule has 3 rings (SSSR count). The third kappa shape index (κ3) is 3.97. The minimum Gasteiger partial charge on any atom is -0.326 e. The predicted octanol–water partition coefficient (Wildman–Crippen LogP) is 3.45. The zero-order valence-electron chi connectivity index (χ0n) is 15.1. The van der Waals surface area contributed by atoms with Crippen molar-refractivity contribution in [3.8, 4) is 0 Å². The van der Waals surface area contributed by atoms with Crippen molar-refractivity contribution in [2.24, 2.45) is 5.41 Å². The zero-order valence-corrected chi connectivity index (χ0v) is 15.1.